The van der Waals surface area contributed by atoms with Crippen LogP contribution in [0.4, 0.5) is 10.5 Å². The van der Waals surface area contributed by atoms with E-state index in [2.05, 4.69) is 4.99 Å². The number of quaternary nitrogens is 1. The number of benzene rings is 1. The number of hydrogen-bond donors (Lipinski definition) is 2. The Morgan fingerprint density at radius 3 is 2.42 bits per heavy atom. The molecule has 0 radical (unpaired) electrons. The number of halogens is 4. The lowest BCUT2D eigenvalue weighted by atomic mass is 9.92. The van der Waals surface area contributed by atoms with E-state index in [0.29, 0.717) is 16.6 Å². The molecule has 0 fully saturated rings. The zero-order chi connectivity index (χ0) is 20.1. The van der Waals surface area contributed by atoms with Crippen LogP contribution in [0.3, 0.4) is 0 Å². The fourth-order valence-electron chi connectivity index (χ4n) is 1.63. The van der Waals surface area contributed by atoms with Crippen LogP contribution in [0.5, 0.6) is 0 Å². The Labute approximate surface area is 173 Å². The topological polar surface area (TPSA) is 81.3 Å². The average Bonchev–Trinajstić information content (AvgIpc) is 2.47. The summed E-state index contributed by atoms with van der Waals surface area (Å²) in [5.74, 6) is 0.298. The third kappa shape index (κ3) is 8.60. The number of carbonyl (C=O) groups is 1. The first-order chi connectivity index (χ1) is 11.8. The van der Waals surface area contributed by atoms with Gasteiger partial charge in [-0.25, -0.2) is 4.79 Å². The monoisotopic (exact) mass is 440 g/mol. The second-order valence-corrected chi connectivity index (χ2v) is 9.63. The van der Waals surface area contributed by atoms with E-state index in [4.69, 9.17) is 56.9 Å². The van der Waals surface area contributed by atoms with Crippen molar-refractivity contribution in [3.63, 3.8) is 0 Å². The van der Waals surface area contributed by atoms with E-state index in [1.807, 2.05) is 39.8 Å². The number of hydrogen-bond acceptors (Lipinski definition) is 3. The summed E-state index contributed by atoms with van der Waals surface area (Å²) in [6.45, 7) is 7.32. The van der Waals surface area contributed by atoms with Crippen LogP contribution >= 0.6 is 46.4 Å². The highest BCUT2D eigenvalue weighted by Crippen LogP contribution is 2.26. The Hall–Kier alpha value is -0.980. The van der Waals surface area contributed by atoms with Gasteiger partial charge in [-0.05, 0) is 18.6 Å². The molecule has 0 aliphatic rings. The fraction of sp³-hybridized carbons (Fsp3) is 0.412. The van der Waals surface area contributed by atoms with Crippen molar-refractivity contribution in [3.05, 3.63) is 40.6 Å². The average molecular weight is 442 g/mol. The summed E-state index contributed by atoms with van der Waals surface area (Å²) in [7, 11) is 0. The number of allylic oxidation sites excluding steroid dienone is 1. The van der Waals surface area contributed by atoms with E-state index in [1.165, 1.54) is 0 Å². The first-order valence-electron chi connectivity index (χ1n) is 7.69. The number of rotatable bonds is 3. The molecule has 0 aliphatic heterocycles. The molecule has 1 rings (SSSR count). The van der Waals surface area contributed by atoms with Crippen LogP contribution in [0.15, 0.2) is 35.0 Å². The lowest BCUT2D eigenvalue weighted by molar-refractivity contribution is -0.441. The minimum Gasteiger partial charge on any atom is -0.443 e. The molecule has 0 spiro atoms. The molecule has 1 aromatic carbocycles. The van der Waals surface area contributed by atoms with Crippen LogP contribution < -0.4 is 11.1 Å². The standard InChI is InChI=1S/C17H21Cl4N3O2/c1-10-5-6-11(7-12(10)18)23-14(8-13(22)16(2,3)4)24-15(25)26-9-17(19,20)21/h5-8H,9,22H2,1-4H3,(H,23,24,25)/p+1/b13-8-. The van der Waals surface area contributed by atoms with E-state index in [0.717, 1.165) is 11.3 Å². The van der Waals surface area contributed by atoms with Crippen molar-refractivity contribution in [1.29, 1.82) is 0 Å². The number of ether oxygens (including phenoxy) is 1. The predicted molar refractivity (Wildman–Crippen MR) is 109 cm³/mol. The molecule has 9 heteroatoms. The highest BCUT2D eigenvalue weighted by atomic mass is 35.6. The first kappa shape index (κ1) is 23.1. The van der Waals surface area contributed by atoms with Crippen LogP contribution in [0, 0.1) is 12.3 Å². The van der Waals surface area contributed by atoms with Gasteiger partial charge in [-0.1, -0.05) is 73.2 Å². The highest BCUT2D eigenvalue weighted by Gasteiger charge is 2.23. The van der Waals surface area contributed by atoms with Crippen molar-refractivity contribution < 1.29 is 14.8 Å². The van der Waals surface area contributed by atoms with Crippen LogP contribution in [0.2, 0.25) is 5.02 Å². The number of amidine groups is 1. The largest absolute Gasteiger partial charge is 0.443 e. The maximum Gasteiger partial charge on any atom is 0.438 e. The Morgan fingerprint density at radius 1 is 1.31 bits per heavy atom. The van der Waals surface area contributed by atoms with Crippen LogP contribution in [0.1, 0.15) is 26.3 Å². The molecule has 0 saturated carbocycles. The minimum absolute atomic E-state index is 0.298. The zero-order valence-electron chi connectivity index (χ0n) is 14.9. The summed E-state index contributed by atoms with van der Waals surface area (Å²) in [6, 6.07) is 5.48. The number of amides is 1. The van der Waals surface area contributed by atoms with E-state index >= 15 is 0 Å². The molecule has 0 bridgehead atoms. The molecular formula is C17H22Cl4N3O2+. The molecule has 5 nitrogen and oxygen atoms in total. The Morgan fingerprint density at radius 2 is 1.92 bits per heavy atom. The van der Waals surface area contributed by atoms with Gasteiger partial charge in [0.15, 0.2) is 0 Å². The van der Waals surface area contributed by atoms with Gasteiger partial charge in [-0.15, -0.1) is 4.99 Å². The fourth-order valence-corrected chi connectivity index (χ4v) is 1.99. The molecular weight excluding hydrogens is 420 g/mol. The number of alkyl halides is 3. The van der Waals surface area contributed by atoms with Crippen LogP contribution in [0.25, 0.3) is 0 Å². The maximum atomic E-state index is 11.9. The first-order valence-corrected chi connectivity index (χ1v) is 9.20. The molecule has 4 N–H and O–H groups in total. The van der Waals surface area contributed by atoms with Crippen molar-refractivity contribution in [2.24, 2.45) is 16.1 Å². The Kier molecular flexibility index (Phi) is 8.24. The second-order valence-electron chi connectivity index (χ2n) is 6.71. The second kappa shape index (κ2) is 9.29. The lowest BCUT2D eigenvalue weighted by Gasteiger charge is -2.18. The smallest absolute Gasteiger partial charge is 0.438 e. The third-order valence-corrected chi connectivity index (χ3v) is 3.99. The third-order valence-electron chi connectivity index (χ3n) is 3.26. The summed E-state index contributed by atoms with van der Waals surface area (Å²) in [4.78, 5) is 15.8. The minimum atomic E-state index is -1.71. The number of aliphatic imine (C=N–C) groups is 1. The van der Waals surface area contributed by atoms with Gasteiger partial charge in [0.2, 0.25) is 9.63 Å². The quantitative estimate of drug-likeness (QED) is 0.310. The number of nitrogens with zero attached hydrogens (tertiary/aromatic N) is 1. The molecule has 0 unspecified atom stereocenters. The molecule has 1 aromatic rings. The number of carbonyl (C=O) groups excluding carboxylic acids is 1. The van der Waals surface area contributed by atoms with Gasteiger partial charge in [0.05, 0.1) is 0 Å². The molecule has 26 heavy (non-hydrogen) atoms. The van der Waals surface area contributed by atoms with E-state index in [1.54, 1.807) is 17.5 Å². The molecule has 1 amide bonds. The Bertz CT molecular complexity index is 720. The van der Waals surface area contributed by atoms with E-state index in [-0.39, 0.29) is 5.41 Å². The number of nitrogens with two attached hydrogens (primary N) is 2. The summed E-state index contributed by atoms with van der Waals surface area (Å²) in [5.41, 5.74) is 8.03. The molecule has 0 heterocycles. The van der Waals surface area contributed by atoms with Gasteiger partial charge in [0.25, 0.3) is 0 Å². The number of aryl methyl sites for hydroxylation is 1. The zero-order valence-corrected chi connectivity index (χ0v) is 18.0. The van der Waals surface area contributed by atoms with Crippen LogP contribution in [-0.4, -0.2) is 22.3 Å². The van der Waals surface area contributed by atoms with Crippen molar-refractivity contribution in [3.8, 4) is 0 Å². The SMILES string of the molecule is Cc1ccc([NH2+]C(/C=C(\N)C(C)(C)C)=N/C(=O)OCC(Cl)(Cl)Cl)cc1Cl. The van der Waals surface area contributed by atoms with Gasteiger partial charge in [0.1, 0.15) is 12.3 Å². The molecule has 144 valence electrons. The summed E-state index contributed by atoms with van der Waals surface area (Å²) in [6.07, 6.45) is 0.711. The van der Waals surface area contributed by atoms with Crippen molar-refractivity contribution in [1.82, 2.24) is 0 Å². The predicted octanol–water partition coefficient (Wildman–Crippen LogP) is 4.64. The summed E-state index contributed by atoms with van der Waals surface area (Å²) >= 11 is 22.9. The molecule has 0 atom stereocenters. The van der Waals surface area contributed by atoms with Crippen molar-refractivity contribution >= 4 is 64.0 Å². The normalized spacial score (nSPS) is 13.7. The van der Waals surface area contributed by atoms with Gasteiger partial charge in [-0.2, -0.15) is 0 Å². The van der Waals surface area contributed by atoms with Gasteiger partial charge in [0, 0.05) is 28.3 Å². The van der Waals surface area contributed by atoms with Gasteiger partial charge < -0.3 is 10.5 Å². The molecule has 0 aliphatic carbocycles. The van der Waals surface area contributed by atoms with E-state index in [9.17, 15) is 4.79 Å². The molecule has 0 saturated heterocycles. The van der Waals surface area contributed by atoms with Gasteiger partial charge in [-0.3, -0.25) is 5.32 Å². The maximum absolute atomic E-state index is 11.9. The lowest BCUT2D eigenvalue weighted by Crippen LogP contribution is -2.82. The van der Waals surface area contributed by atoms with Crippen molar-refractivity contribution in [2.75, 3.05) is 6.61 Å². The molecule has 0 aromatic heterocycles. The van der Waals surface area contributed by atoms with Crippen LogP contribution in [-0.2, 0) is 4.74 Å². The van der Waals surface area contributed by atoms with E-state index < -0.39 is 16.5 Å². The van der Waals surface area contributed by atoms with Gasteiger partial charge >= 0.3 is 6.09 Å². The van der Waals surface area contributed by atoms with Crippen molar-refractivity contribution in [2.45, 2.75) is 31.5 Å². The summed E-state index contributed by atoms with van der Waals surface area (Å²) < 4.78 is 3.14. The Balaban J connectivity index is 3.11. The summed E-state index contributed by atoms with van der Waals surface area (Å²) in [5, 5.41) is 2.27. The highest BCUT2D eigenvalue weighted by molar-refractivity contribution is 6.67.